The number of fused-ring (bicyclic) bond motifs is 1. The molecule has 0 unspecified atom stereocenters. The van der Waals surface area contributed by atoms with E-state index in [-0.39, 0.29) is 11.4 Å². The molecule has 16 heavy (non-hydrogen) atoms. The van der Waals surface area contributed by atoms with Crippen molar-refractivity contribution in [3.8, 4) is 5.75 Å². The molecule has 5 nitrogen and oxygen atoms in total. The number of aromatic hydroxyl groups is 1. The van der Waals surface area contributed by atoms with Gasteiger partial charge in [-0.25, -0.2) is 4.79 Å². The van der Waals surface area contributed by atoms with Crippen molar-refractivity contribution in [2.24, 2.45) is 16.0 Å². The molecule has 0 radical (unpaired) electrons. The van der Waals surface area contributed by atoms with Gasteiger partial charge in [0.15, 0.2) is 5.75 Å². The molecular formula is C11H9N3O2. The number of benzene rings is 2. The van der Waals surface area contributed by atoms with E-state index in [0.29, 0.717) is 5.39 Å². The van der Waals surface area contributed by atoms with Gasteiger partial charge < -0.3 is 10.8 Å². The minimum atomic E-state index is -0.896. The quantitative estimate of drug-likeness (QED) is 0.716. The van der Waals surface area contributed by atoms with E-state index in [4.69, 9.17) is 5.73 Å². The highest BCUT2D eigenvalue weighted by Crippen LogP contribution is 2.34. The second-order valence-electron chi connectivity index (χ2n) is 3.19. The zero-order valence-corrected chi connectivity index (χ0v) is 8.29. The lowest BCUT2D eigenvalue weighted by molar-refractivity contribution is 0.255. The van der Waals surface area contributed by atoms with Crippen LogP contribution >= 0.6 is 0 Å². The number of carbonyl (C=O) groups is 1. The predicted molar refractivity (Wildman–Crippen MR) is 59.7 cm³/mol. The number of rotatable bonds is 1. The van der Waals surface area contributed by atoms with E-state index in [1.807, 2.05) is 12.1 Å². The first-order valence-corrected chi connectivity index (χ1v) is 4.60. The van der Waals surface area contributed by atoms with Crippen LogP contribution in [0.25, 0.3) is 10.8 Å². The van der Waals surface area contributed by atoms with Gasteiger partial charge in [-0.1, -0.05) is 35.4 Å². The maximum atomic E-state index is 10.4. The summed E-state index contributed by atoms with van der Waals surface area (Å²) in [5, 5.41) is 18.1. The summed E-state index contributed by atoms with van der Waals surface area (Å²) in [7, 11) is 0. The monoisotopic (exact) mass is 215 g/mol. The smallest absolute Gasteiger partial charge is 0.356 e. The van der Waals surface area contributed by atoms with E-state index in [2.05, 4.69) is 10.2 Å². The normalized spacial score (nSPS) is 11.0. The van der Waals surface area contributed by atoms with Gasteiger partial charge in [-0.2, -0.15) is 0 Å². The molecule has 0 bridgehead atoms. The van der Waals surface area contributed by atoms with Crippen LogP contribution in [0.2, 0.25) is 0 Å². The Hall–Kier alpha value is -2.43. The number of azo groups is 1. The number of hydrogen-bond acceptors (Lipinski definition) is 3. The average Bonchev–Trinajstić information content (AvgIpc) is 2.28. The molecule has 5 heteroatoms. The molecule has 2 amide bonds. The second kappa shape index (κ2) is 3.98. The number of carbonyl (C=O) groups excluding carboxylic acids is 1. The minimum Gasteiger partial charge on any atom is -0.505 e. The first-order chi connectivity index (χ1) is 7.68. The van der Waals surface area contributed by atoms with Crippen LogP contribution in [0.1, 0.15) is 0 Å². The number of urea groups is 1. The van der Waals surface area contributed by atoms with Crippen LogP contribution < -0.4 is 5.73 Å². The van der Waals surface area contributed by atoms with Gasteiger partial charge in [-0.05, 0) is 11.5 Å². The Kier molecular flexibility index (Phi) is 2.51. The molecule has 0 heterocycles. The van der Waals surface area contributed by atoms with Crippen molar-refractivity contribution in [2.75, 3.05) is 0 Å². The fourth-order valence-electron chi connectivity index (χ4n) is 1.43. The summed E-state index contributed by atoms with van der Waals surface area (Å²) in [6.07, 6.45) is 0. The summed E-state index contributed by atoms with van der Waals surface area (Å²) in [6.45, 7) is 0. The molecule has 0 atom stereocenters. The highest BCUT2D eigenvalue weighted by atomic mass is 16.3. The molecule has 0 fully saturated rings. The Morgan fingerprint density at radius 1 is 1.19 bits per heavy atom. The minimum absolute atomic E-state index is 0.0110. The molecule has 0 saturated heterocycles. The molecule has 0 saturated carbocycles. The third kappa shape index (κ3) is 1.83. The molecular weight excluding hydrogens is 206 g/mol. The van der Waals surface area contributed by atoms with Crippen molar-refractivity contribution < 1.29 is 9.90 Å². The van der Waals surface area contributed by atoms with Gasteiger partial charge in [-0.3, -0.25) is 0 Å². The lowest BCUT2D eigenvalue weighted by Gasteiger charge is -2.02. The molecule has 0 aliphatic rings. The van der Waals surface area contributed by atoms with E-state index < -0.39 is 6.03 Å². The van der Waals surface area contributed by atoms with Crippen molar-refractivity contribution in [3.05, 3.63) is 36.4 Å². The molecule has 2 aromatic carbocycles. The molecule has 2 aromatic rings. The van der Waals surface area contributed by atoms with Crippen molar-refractivity contribution in [3.63, 3.8) is 0 Å². The van der Waals surface area contributed by atoms with Gasteiger partial charge in [0.1, 0.15) is 5.69 Å². The van der Waals surface area contributed by atoms with Crippen molar-refractivity contribution in [1.29, 1.82) is 0 Å². The number of amides is 2. The third-order valence-electron chi connectivity index (χ3n) is 2.14. The van der Waals surface area contributed by atoms with Gasteiger partial charge >= 0.3 is 6.03 Å². The number of nitrogens with zero attached hydrogens (tertiary/aromatic N) is 2. The van der Waals surface area contributed by atoms with Crippen LogP contribution in [0, 0.1) is 0 Å². The Morgan fingerprint density at radius 3 is 2.69 bits per heavy atom. The van der Waals surface area contributed by atoms with Gasteiger partial charge in [0.2, 0.25) is 0 Å². The zero-order chi connectivity index (χ0) is 11.5. The van der Waals surface area contributed by atoms with Gasteiger partial charge in [0.25, 0.3) is 0 Å². The van der Waals surface area contributed by atoms with E-state index >= 15 is 0 Å². The van der Waals surface area contributed by atoms with Crippen molar-refractivity contribution in [1.82, 2.24) is 0 Å². The topological polar surface area (TPSA) is 88.0 Å². The molecule has 0 aliphatic carbocycles. The summed E-state index contributed by atoms with van der Waals surface area (Å²) in [5.74, 6) is -0.0110. The van der Waals surface area contributed by atoms with E-state index in [9.17, 15) is 9.90 Å². The largest absolute Gasteiger partial charge is 0.505 e. The summed E-state index contributed by atoms with van der Waals surface area (Å²) >= 11 is 0. The van der Waals surface area contributed by atoms with Gasteiger partial charge in [0.05, 0.1) is 0 Å². The lowest BCUT2D eigenvalue weighted by atomic mass is 10.1. The predicted octanol–water partition coefficient (Wildman–Crippen LogP) is 2.71. The van der Waals surface area contributed by atoms with Crippen LogP contribution in [0.15, 0.2) is 46.6 Å². The second-order valence-corrected chi connectivity index (χ2v) is 3.19. The molecule has 2 rings (SSSR count). The molecule has 0 spiro atoms. The first-order valence-electron chi connectivity index (χ1n) is 4.60. The molecule has 0 aromatic heterocycles. The van der Waals surface area contributed by atoms with E-state index in [1.54, 1.807) is 24.3 Å². The average molecular weight is 215 g/mol. The SMILES string of the molecule is NC(=O)N=Nc1ccc2ccccc2c1O. The zero-order valence-electron chi connectivity index (χ0n) is 8.29. The van der Waals surface area contributed by atoms with Crippen LogP contribution in [-0.2, 0) is 0 Å². The van der Waals surface area contributed by atoms with Gasteiger partial charge in [0, 0.05) is 5.39 Å². The van der Waals surface area contributed by atoms with Crippen LogP contribution in [0.5, 0.6) is 5.75 Å². The Bertz CT molecular complexity index is 578. The fraction of sp³-hybridized carbons (Fsp3) is 0. The summed E-state index contributed by atoms with van der Waals surface area (Å²) < 4.78 is 0. The highest BCUT2D eigenvalue weighted by molar-refractivity contribution is 5.92. The van der Waals surface area contributed by atoms with E-state index in [0.717, 1.165) is 5.39 Å². The van der Waals surface area contributed by atoms with Gasteiger partial charge in [-0.15, -0.1) is 5.11 Å². The van der Waals surface area contributed by atoms with Crippen molar-refractivity contribution in [2.45, 2.75) is 0 Å². The van der Waals surface area contributed by atoms with Crippen LogP contribution in [-0.4, -0.2) is 11.1 Å². The number of hydrogen-bond donors (Lipinski definition) is 2. The number of phenols is 1. The van der Waals surface area contributed by atoms with Crippen LogP contribution in [0.3, 0.4) is 0 Å². The summed E-state index contributed by atoms with van der Waals surface area (Å²) in [6, 6.07) is 9.75. The standard InChI is InChI=1S/C11H9N3O2/c12-11(16)14-13-9-6-5-7-3-1-2-4-8(7)10(9)15/h1-6,15H,(H2,12,16). The summed E-state index contributed by atoms with van der Waals surface area (Å²) in [5.41, 5.74) is 5.04. The molecule has 0 aliphatic heterocycles. The number of phenolic OH excluding ortho intramolecular Hbond substituents is 1. The fourth-order valence-corrected chi connectivity index (χ4v) is 1.43. The third-order valence-corrected chi connectivity index (χ3v) is 2.14. The first kappa shape index (κ1) is 10.1. The molecule has 80 valence electrons. The Morgan fingerprint density at radius 2 is 1.94 bits per heavy atom. The summed E-state index contributed by atoms with van der Waals surface area (Å²) in [4.78, 5) is 10.4. The molecule has 3 N–H and O–H groups in total. The van der Waals surface area contributed by atoms with Crippen molar-refractivity contribution >= 4 is 22.5 Å². The van der Waals surface area contributed by atoms with Crippen LogP contribution in [0.4, 0.5) is 10.5 Å². The Balaban J connectivity index is 2.56. The maximum Gasteiger partial charge on any atom is 0.356 e. The number of primary amides is 1. The highest BCUT2D eigenvalue weighted by Gasteiger charge is 2.04. The Labute approximate surface area is 91.2 Å². The van der Waals surface area contributed by atoms with E-state index in [1.165, 1.54) is 0 Å². The number of nitrogens with two attached hydrogens (primary N) is 1. The maximum absolute atomic E-state index is 10.4. The lowest BCUT2D eigenvalue weighted by Crippen LogP contribution is -2.01.